The molecule has 0 spiro atoms. The summed E-state index contributed by atoms with van der Waals surface area (Å²) in [7, 11) is -20.3. The van der Waals surface area contributed by atoms with Crippen LogP contribution in [0, 0.1) is 20.2 Å². The first-order chi connectivity index (χ1) is 37.1. The number of halogens is 2. The third-order valence-corrected chi connectivity index (χ3v) is 13.8. The van der Waals surface area contributed by atoms with Gasteiger partial charge in [0.1, 0.15) is 32.7 Å². The van der Waals surface area contributed by atoms with Crippen LogP contribution >= 0.6 is 23.2 Å². The third-order valence-electron chi connectivity index (χ3n) is 10.1. The molecule has 2 aliphatic carbocycles. The third kappa shape index (κ3) is 18.5. The number of non-ortho nitro benzene ring substituents is 2. The molecule has 422 valence electrons. The van der Waals surface area contributed by atoms with Crippen molar-refractivity contribution in [1.82, 2.24) is 29.9 Å². The largest absolute Gasteiger partial charge is 1.00 e. The van der Waals surface area contributed by atoms with Gasteiger partial charge in [-0.1, -0.05) is 0 Å². The normalized spacial score (nSPS) is 13.6. The monoisotopic (exact) mass is 1370 g/mol. The van der Waals surface area contributed by atoms with Gasteiger partial charge in [0.25, 0.3) is 51.8 Å². The molecule has 0 aliphatic heterocycles. The molecule has 2 aromatic heterocycles. The number of carbonyl (C=O) groups excluding carboxylic acids is 2. The Morgan fingerprint density at radius 2 is 0.847 bits per heavy atom. The summed E-state index contributed by atoms with van der Waals surface area (Å²) in [6.45, 7) is 0. The maximum atomic E-state index is 13.5. The van der Waals surface area contributed by atoms with E-state index in [0.717, 1.165) is 60.7 Å². The number of carbonyl (C=O) groups is 2. The molecule has 0 fully saturated rings. The maximum absolute atomic E-state index is 13.5. The van der Waals surface area contributed by atoms with Crippen LogP contribution in [0.1, 0.15) is 33.3 Å². The molecule has 8 rings (SSSR count). The van der Waals surface area contributed by atoms with E-state index in [1.807, 2.05) is 0 Å². The van der Waals surface area contributed by atoms with E-state index in [9.17, 15) is 91.9 Å². The fourth-order valence-corrected chi connectivity index (χ4v) is 9.49. The first-order valence-corrected chi connectivity index (χ1v) is 26.9. The second kappa shape index (κ2) is 29.8. The van der Waals surface area contributed by atoms with E-state index in [2.05, 4.69) is 61.6 Å². The van der Waals surface area contributed by atoms with Crippen LogP contribution in [-0.2, 0) is 57.8 Å². The summed E-state index contributed by atoms with van der Waals surface area (Å²) in [6.07, 6.45) is 1.35. The van der Waals surface area contributed by atoms with Gasteiger partial charge in [-0.25, -0.2) is 0 Å². The SMILES string of the molecule is Nc1nc(Cl)nc(Nc2cc(S(=O)(=O)O)cc3c2C(=O)/C(=N\Nc2cc([N+](=O)[O-])ccc2O)C(S(=O)(=O)O)=C3)n1.Nc1nc(Cl)nc(Nc2cc(S(=O)(=O)O)cc3c2C(=O)/C(=N\Nc2cc([N+](=O)[O-])ccc2O)C(S(=O)(=O)O)=C3)n1.[Cr].[H+].[Na+].[Na+].[Na+].[Na+]. The van der Waals surface area contributed by atoms with Crippen molar-refractivity contribution in [2.45, 2.75) is 9.79 Å². The number of nitrogens with two attached hydrogens (primary N) is 2. The molecule has 0 unspecified atom stereocenters. The van der Waals surface area contributed by atoms with Crippen molar-refractivity contribution < 1.29 is 219 Å². The van der Waals surface area contributed by atoms with Crippen molar-refractivity contribution in [3.8, 4) is 11.5 Å². The second-order valence-corrected chi connectivity index (χ2v) is 21.6. The number of phenolic OH excluding ortho intramolecular Hbond substituents is 2. The number of nitro benzene ring substituents is 2. The van der Waals surface area contributed by atoms with Crippen LogP contribution in [0.15, 0.2) is 90.5 Å². The van der Waals surface area contributed by atoms with E-state index >= 15 is 0 Å². The molecule has 0 radical (unpaired) electrons. The number of ketones is 2. The topological polar surface area (TPSA) is 581 Å². The van der Waals surface area contributed by atoms with E-state index in [4.69, 9.17) is 34.7 Å². The van der Waals surface area contributed by atoms with Crippen LogP contribution in [-0.4, -0.2) is 125 Å². The number of hydrogen-bond donors (Lipinski definition) is 12. The first-order valence-electron chi connectivity index (χ1n) is 20.4. The van der Waals surface area contributed by atoms with E-state index < -0.39 is 171 Å². The molecular weight excluding hydrogens is 1340 g/mol. The van der Waals surface area contributed by atoms with Gasteiger partial charge < -0.3 is 32.3 Å². The summed E-state index contributed by atoms with van der Waals surface area (Å²) in [5.74, 6) is -5.12. The number of aromatic nitrogens is 6. The Bertz CT molecular complexity index is 4060. The molecule has 47 heteroatoms. The van der Waals surface area contributed by atoms with Crippen molar-refractivity contribution in [3.05, 3.63) is 124 Å². The van der Waals surface area contributed by atoms with Crippen molar-refractivity contribution in [3.63, 3.8) is 0 Å². The second-order valence-electron chi connectivity index (χ2n) is 15.3. The zero-order valence-corrected chi connectivity index (χ0v) is 56.8. The molecule has 0 amide bonds. The number of rotatable bonds is 14. The number of benzene rings is 4. The zero-order valence-electron chi connectivity index (χ0n) is 43.8. The number of nitrogen functional groups attached to an aromatic ring is 2. The number of nitrogens with one attached hydrogen (secondary N) is 4. The number of fused-ring (bicyclic) bond motifs is 2. The van der Waals surface area contributed by atoms with Crippen molar-refractivity contribution in [1.29, 1.82) is 0 Å². The van der Waals surface area contributed by atoms with Gasteiger partial charge in [0, 0.05) is 41.6 Å². The predicted molar refractivity (Wildman–Crippen MR) is 278 cm³/mol. The molecule has 6 aromatic rings. The molecule has 85 heavy (non-hydrogen) atoms. The van der Waals surface area contributed by atoms with E-state index in [1.54, 1.807) is 0 Å². The molecule has 2 aliphatic rings. The summed E-state index contributed by atoms with van der Waals surface area (Å²) in [4.78, 5) is 65.8. The number of allylic oxidation sites excluding steroid dienone is 2. The number of hydrogen-bond acceptors (Lipinski definition) is 30. The number of Topliss-reactive ketones (excluding diaryl/α,β-unsaturated/α-hetero) is 2. The van der Waals surface area contributed by atoms with Gasteiger partial charge in [0.05, 0.1) is 42.1 Å². The number of nitrogens with zero attached hydrogens (tertiary/aromatic N) is 10. The Balaban J connectivity index is 0.000000804. The quantitative estimate of drug-likeness (QED) is 0.0158. The van der Waals surface area contributed by atoms with Crippen LogP contribution < -0.4 is 151 Å². The minimum atomic E-state index is -5.22. The molecule has 36 nitrogen and oxygen atoms in total. The van der Waals surface area contributed by atoms with Crippen LogP contribution in [0.3, 0.4) is 0 Å². The van der Waals surface area contributed by atoms with Gasteiger partial charge in [-0.2, -0.15) is 73.8 Å². The maximum Gasteiger partial charge on any atom is 1.00 e. The number of anilines is 8. The number of hydrazone groups is 2. The fourth-order valence-electron chi connectivity index (χ4n) is 6.76. The molecule has 4 aromatic carbocycles. The number of nitro groups is 2. The smallest absolute Gasteiger partial charge is 0.506 e. The van der Waals surface area contributed by atoms with Crippen molar-refractivity contribution in [2.75, 3.05) is 33.0 Å². The van der Waals surface area contributed by atoms with E-state index in [1.165, 1.54) is 0 Å². The minimum absolute atomic E-state index is 0. The summed E-state index contributed by atoms with van der Waals surface area (Å²) < 4.78 is 135. The van der Waals surface area contributed by atoms with Gasteiger partial charge in [-0.05, 0) is 82.9 Å². The molecule has 0 bridgehead atoms. The molecule has 0 atom stereocenters. The molecule has 0 saturated carbocycles. The summed E-state index contributed by atoms with van der Waals surface area (Å²) in [5, 5.41) is 53.6. The Morgan fingerprint density at radius 3 is 1.13 bits per heavy atom. The minimum Gasteiger partial charge on any atom is -0.506 e. The van der Waals surface area contributed by atoms with Gasteiger partial charge in [-0.15, -0.1) is 0 Å². The Labute approximate surface area is 586 Å². The van der Waals surface area contributed by atoms with Crippen molar-refractivity contribution >= 4 is 157 Å². The molecule has 14 N–H and O–H groups in total. The summed E-state index contributed by atoms with van der Waals surface area (Å²) >= 11 is 11.5. The van der Waals surface area contributed by atoms with Gasteiger partial charge in [-0.3, -0.25) is 58.9 Å². The van der Waals surface area contributed by atoms with Gasteiger partial charge >= 0.3 is 120 Å². The van der Waals surface area contributed by atoms with E-state index in [-0.39, 0.29) is 161 Å². The van der Waals surface area contributed by atoms with Crippen LogP contribution in [0.2, 0.25) is 10.6 Å². The van der Waals surface area contributed by atoms with E-state index in [0.29, 0.717) is 12.2 Å². The van der Waals surface area contributed by atoms with Crippen molar-refractivity contribution in [2.24, 2.45) is 10.2 Å². The Kier molecular flexibility index (Phi) is 26.7. The number of phenols is 2. The van der Waals surface area contributed by atoms with Crippen LogP contribution in [0.25, 0.3) is 12.2 Å². The molecular formula is C38H27Cl2CrN16Na4O20S4+5. The Morgan fingerprint density at radius 1 is 0.518 bits per heavy atom. The average Bonchev–Trinajstić information content (AvgIpc) is 3.51. The van der Waals surface area contributed by atoms with Crippen LogP contribution in [0.5, 0.6) is 11.5 Å². The van der Waals surface area contributed by atoms with Gasteiger partial charge in [0.2, 0.25) is 45.9 Å². The predicted octanol–water partition coefficient (Wildman–Crippen LogP) is -8.67. The molecule has 0 saturated heterocycles. The Hall–Kier alpha value is -4.99. The standard InChI is InChI=1S/2C19H13ClN8O10S2.Cr.4Na/c2*20-17-23-18(21)25-19(24-17)22-11-6-9(39(33,34)35)3-7-4-13(40(36,37)38)15(16(30)14(7)11)27-26-10-5-8(28(31)32)1-2-12(10)29;;;;;/h2*1-6,26,29H,(H,33,34,35)(H,36,37,38)(H3,21,22,23,24,25);;;;;/q;;;4*+1/p+1/b2*27-15-;;;;;. The fraction of sp³-hybridized carbons (Fsp3) is 0. The average molecular weight is 1370 g/mol. The summed E-state index contributed by atoms with van der Waals surface area (Å²) in [5.41, 5.74) is 9.00. The number of aromatic hydroxyl groups is 2. The zero-order chi connectivity index (χ0) is 59.1. The molecule has 2 heterocycles. The van der Waals surface area contributed by atoms with Gasteiger partial charge in [0.15, 0.2) is 11.4 Å². The van der Waals surface area contributed by atoms with Crippen LogP contribution in [0.4, 0.5) is 57.9 Å². The first kappa shape index (κ1) is 76.1. The summed E-state index contributed by atoms with van der Waals surface area (Å²) in [6, 6.07) is 8.50.